The molecule has 1 aromatic carbocycles. The van der Waals surface area contributed by atoms with Crippen molar-refractivity contribution >= 4 is 23.2 Å². The Kier molecular flexibility index (Phi) is 7.36. The van der Waals surface area contributed by atoms with Gasteiger partial charge in [-0.3, -0.25) is 14.6 Å². The van der Waals surface area contributed by atoms with Gasteiger partial charge in [-0.1, -0.05) is 18.2 Å². The zero-order valence-electron chi connectivity index (χ0n) is 18.8. The van der Waals surface area contributed by atoms with E-state index in [2.05, 4.69) is 4.98 Å². The Labute approximate surface area is 197 Å². The fourth-order valence-corrected chi connectivity index (χ4v) is 4.60. The van der Waals surface area contributed by atoms with Crippen LogP contribution in [0.25, 0.3) is 0 Å². The van der Waals surface area contributed by atoms with Gasteiger partial charge in [0.05, 0.1) is 36.9 Å². The van der Waals surface area contributed by atoms with Gasteiger partial charge in [0, 0.05) is 24.2 Å². The minimum Gasteiger partial charge on any atom is -0.497 e. The minimum atomic E-state index is -0.337. The van der Waals surface area contributed by atoms with Gasteiger partial charge in [-0.05, 0) is 48.9 Å². The van der Waals surface area contributed by atoms with Crippen molar-refractivity contribution in [3.8, 4) is 5.75 Å². The van der Waals surface area contributed by atoms with Crippen LogP contribution in [0, 0.1) is 6.92 Å². The van der Waals surface area contributed by atoms with Crippen molar-refractivity contribution in [3.05, 3.63) is 81.8 Å². The van der Waals surface area contributed by atoms with Crippen molar-refractivity contribution in [2.45, 2.75) is 26.2 Å². The van der Waals surface area contributed by atoms with E-state index in [0.29, 0.717) is 31.1 Å². The lowest BCUT2D eigenvalue weighted by Crippen LogP contribution is -2.39. The van der Waals surface area contributed by atoms with Gasteiger partial charge in [-0.15, -0.1) is 11.3 Å². The summed E-state index contributed by atoms with van der Waals surface area (Å²) in [6, 6.07) is 17.0. The van der Waals surface area contributed by atoms with Gasteiger partial charge in [0.2, 0.25) is 5.91 Å². The largest absolute Gasteiger partial charge is 0.497 e. The smallest absolute Gasteiger partial charge is 0.264 e. The van der Waals surface area contributed by atoms with Crippen LogP contribution in [0.5, 0.6) is 5.75 Å². The van der Waals surface area contributed by atoms with Gasteiger partial charge < -0.3 is 19.3 Å². The first-order chi connectivity index (χ1) is 16.0. The van der Waals surface area contributed by atoms with E-state index in [0.717, 1.165) is 21.9 Å². The molecule has 8 heteroatoms. The summed E-state index contributed by atoms with van der Waals surface area (Å²) in [6.45, 7) is 3.43. The van der Waals surface area contributed by atoms with Crippen LogP contribution >= 0.6 is 11.3 Å². The maximum atomic E-state index is 13.2. The topological polar surface area (TPSA) is 72.0 Å². The molecule has 1 atom stereocenters. The van der Waals surface area contributed by atoms with Gasteiger partial charge in [0.25, 0.3) is 5.91 Å². The lowest BCUT2D eigenvalue weighted by molar-refractivity contribution is -0.132. The van der Waals surface area contributed by atoms with Crippen LogP contribution in [-0.4, -0.2) is 59.4 Å². The quantitative estimate of drug-likeness (QED) is 0.534. The summed E-state index contributed by atoms with van der Waals surface area (Å²) in [5, 5.41) is 0. The van der Waals surface area contributed by atoms with Crippen molar-refractivity contribution < 1.29 is 19.1 Å². The normalized spacial score (nSPS) is 16.5. The molecule has 172 valence electrons. The molecule has 0 spiro atoms. The number of aryl methyl sites for hydroxylation is 1. The summed E-state index contributed by atoms with van der Waals surface area (Å²) in [4.78, 5) is 35.6. The Balaban J connectivity index is 1.53. The monoisotopic (exact) mass is 465 g/mol. The van der Waals surface area contributed by atoms with E-state index in [1.54, 1.807) is 23.1 Å². The number of carbonyl (C=O) groups excluding carboxylic acids is 2. The number of thiophene rings is 1. The Morgan fingerprint density at radius 2 is 2.03 bits per heavy atom. The highest BCUT2D eigenvalue weighted by Gasteiger charge is 2.32. The Morgan fingerprint density at radius 3 is 2.76 bits per heavy atom. The second kappa shape index (κ2) is 10.6. The molecular weight excluding hydrogens is 438 g/mol. The third-order valence-corrected chi connectivity index (χ3v) is 6.45. The number of pyridine rings is 1. The third-order valence-electron chi connectivity index (χ3n) is 5.46. The Bertz CT molecular complexity index is 1100. The molecular formula is C25H27N3O4S. The standard InChI is InChI=1S/C25H27N3O4S/c1-18-9-10-23(33-18)25(30)28-15-22(32-17-19-6-5-8-21(12-19)31-2)14-27(24(29)16-28)13-20-7-3-4-11-26-20/h3-12,22H,13-17H2,1-2H3. The second-order valence-electron chi connectivity index (χ2n) is 7.98. The predicted octanol–water partition coefficient (Wildman–Crippen LogP) is 3.53. The molecule has 1 unspecified atom stereocenters. The van der Waals surface area contributed by atoms with Crippen molar-refractivity contribution in [1.82, 2.24) is 14.8 Å². The zero-order chi connectivity index (χ0) is 23.2. The molecule has 0 N–H and O–H groups in total. The average molecular weight is 466 g/mol. The molecule has 3 heterocycles. The first-order valence-corrected chi connectivity index (χ1v) is 11.6. The van der Waals surface area contributed by atoms with E-state index in [9.17, 15) is 9.59 Å². The number of methoxy groups -OCH3 is 1. The number of hydrogen-bond acceptors (Lipinski definition) is 6. The lowest BCUT2D eigenvalue weighted by atomic mass is 10.2. The van der Waals surface area contributed by atoms with Gasteiger partial charge >= 0.3 is 0 Å². The first-order valence-electron chi connectivity index (χ1n) is 10.8. The number of ether oxygens (including phenoxy) is 2. The number of aromatic nitrogens is 1. The molecule has 3 aromatic rings. The van der Waals surface area contributed by atoms with Gasteiger partial charge in [0.1, 0.15) is 12.3 Å². The maximum absolute atomic E-state index is 13.2. The van der Waals surface area contributed by atoms with Crippen molar-refractivity contribution in [2.24, 2.45) is 0 Å². The van der Waals surface area contributed by atoms with Crippen LogP contribution in [0.4, 0.5) is 0 Å². The highest BCUT2D eigenvalue weighted by atomic mass is 32.1. The molecule has 1 aliphatic rings. The Hall–Kier alpha value is -3.23. The fraction of sp³-hybridized carbons (Fsp3) is 0.320. The summed E-state index contributed by atoms with van der Waals surface area (Å²) in [5.74, 6) is 0.500. The van der Waals surface area contributed by atoms with Crippen LogP contribution < -0.4 is 4.74 Å². The van der Waals surface area contributed by atoms with Gasteiger partial charge in [0.15, 0.2) is 0 Å². The number of amides is 2. The van der Waals surface area contributed by atoms with Gasteiger partial charge in [-0.25, -0.2) is 0 Å². The summed E-state index contributed by atoms with van der Waals surface area (Å²) in [5.41, 5.74) is 1.76. The Morgan fingerprint density at radius 1 is 1.15 bits per heavy atom. The highest BCUT2D eigenvalue weighted by Crippen LogP contribution is 2.21. The van der Waals surface area contributed by atoms with Gasteiger partial charge in [-0.2, -0.15) is 0 Å². The van der Waals surface area contributed by atoms with Crippen LogP contribution in [-0.2, 0) is 22.7 Å². The van der Waals surface area contributed by atoms with E-state index in [1.165, 1.54) is 11.3 Å². The minimum absolute atomic E-state index is 0.0155. The molecule has 7 nitrogen and oxygen atoms in total. The molecule has 33 heavy (non-hydrogen) atoms. The highest BCUT2D eigenvalue weighted by molar-refractivity contribution is 7.13. The molecule has 1 aliphatic heterocycles. The number of hydrogen-bond donors (Lipinski definition) is 0. The van der Waals surface area contributed by atoms with Crippen molar-refractivity contribution in [3.63, 3.8) is 0 Å². The SMILES string of the molecule is COc1cccc(COC2CN(Cc3ccccn3)C(=O)CN(C(=O)c3ccc(C)s3)C2)c1. The number of carbonyl (C=O) groups is 2. The summed E-state index contributed by atoms with van der Waals surface area (Å²) < 4.78 is 11.5. The molecule has 2 aromatic heterocycles. The van der Waals surface area contributed by atoms with E-state index in [4.69, 9.17) is 9.47 Å². The van der Waals surface area contributed by atoms with Crippen LogP contribution in [0.2, 0.25) is 0 Å². The second-order valence-corrected chi connectivity index (χ2v) is 9.26. The molecule has 1 saturated heterocycles. The molecule has 0 saturated carbocycles. The molecule has 0 aliphatic carbocycles. The van der Waals surface area contributed by atoms with Crippen molar-refractivity contribution in [1.29, 1.82) is 0 Å². The van der Waals surface area contributed by atoms with Crippen LogP contribution in [0.15, 0.2) is 60.8 Å². The van der Waals surface area contributed by atoms with E-state index < -0.39 is 0 Å². The summed E-state index contributed by atoms with van der Waals surface area (Å²) >= 11 is 1.44. The summed E-state index contributed by atoms with van der Waals surface area (Å²) in [7, 11) is 1.63. The van der Waals surface area contributed by atoms with Crippen LogP contribution in [0.1, 0.15) is 25.8 Å². The molecule has 0 bridgehead atoms. The molecule has 0 radical (unpaired) electrons. The van der Waals surface area contributed by atoms with E-state index >= 15 is 0 Å². The van der Waals surface area contributed by atoms with E-state index in [-0.39, 0.29) is 24.5 Å². The van der Waals surface area contributed by atoms with Crippen molar-refractivity contribution in [2.75, 3.05) is 26.7 Å². The number of benzene rings is 1. The average Bonchev–Trinajstić information content (AvgIpc) is 3.21. The van der Waals surface area contributed by atoms with Crippen LogP contribution in [0.3, 0.4) is 0 Å². The summed E-state index contributed by atoms with van der Waals surface area (Å²) in [6.07, 6.45) is 1.37. The molecule has 2 amide bonds. The number of nitrogens with zero attached hydrogens (tertiary/aromatic N) is 3. The molecule has 4 rings (SSSR count). The fourth-order valence-electron chi connectivity index (χ4n) is 3.76. The number of rotatable bonds is 7. The van der Waals surface area contributed by atoms with E-state index in [1.807, 2.05) is 61.5 Å². The third kappa shape index (κ3) is 5.97. The lowest BCUT2D eigenvalue weighted by Gasteiger charge is -2.24. The maximum Gasteiger partial charge on any atom is 0.264 e. The zero-order valence-corrected chi connectivity index (χ0v) is 19.6. The first kappa shape index (κ1) is 22.9. The predicted molar refractivity (Wildman–Crippen MR) is 126 cm³/mol. The molecule has 1 fully saturated rings.